The van der Waals surface area contributed by atoms with Crippen molar-refractivity contribution >= 4 is 11.9 Å². The van der Waals surface area contributed by atoms with Crippen molar-refractivity contribution < 1.29 is 24.1 Å². The Morgan fingerprint density at radius 1 is 1.10 bits per heavy atom. The number of phenols is 1. The Bertz CT molecular complexity index is 960. The lowest BCUT2D eigenvalue weighted by Gasteiger charge is -2.27. The van der Waals surface area contributed by atoms with Gasteiger partial charge >= 0.3 is 0 Å². The van der Waals surface area contributed by atoms with Gasteiger partial charge in [0.15, 0.2) is 17.3 Å². The van der Waals surface area contributed by atoms with Gasteiger partial charge in [-0.15, -0.1) is 0 Å². The molecule has 29 heavy (non-hydrogen) atoms. The van der Waals surface area contributed by atoms with Crippen LogP contribution in [0.3, 0.4) is 0 Å². The number of fused-ring (bicyclic) bond motifs is 1. The van der Waals surface area contributed by atoms with Crippen molar-refractivity contribution in [3.8, 4) is 23.0 Å². The summed E-state index contributed by atoms with van der Waals surface area (Å²) in [7, 11) is 3.12. The number of likely N-dealkylation sites (tertiary alicyclic amines) is 1. The first-order valence-corrected chi connectivity index (χ1v) is 9.85. The zero-order valence-electron chi connectivity index (χ0n) is 16.7. The molecule has 0 saturated carbocycles. The zero-order chi connectivity index (χ0) is 20.4. The van der Waals surface area contributed by atoms with Crippen LogP contribution in [0.15, 0.2) is 36.1 Å². The van der Waals surface area contributed by atoms with Crippen LogP contribution in [0.5, 0.6) is 23.0 Å². The number of Topliss-reactive ketones (excluding diaryl/α,β-unsaturated/α-hetero) is 1. The molecule has 0 spiro atoms. The fourth-order valence-corrected chi connectivity index (χ4v) is 3.96. The third kappa shape index (κ3) is 3.68. The van der Waals surface area contributed by atoms with Crippen molar-refractivity contribution in [2.75, 3.05) is 27.3 Å². The van der Waals surface area contributed by atoms with Gasteiger partial charge in [0.25, 0.3) is 0 Å². The number of phenolic OH excluding ortho intramolecular Hbond substituents is 1. The quantitative estimate of drug-likeness (QED) is 0.772. The summed E-state index contributed by atoms with van der Waals surface area (Å²) in [5.74, 6) is 1.72. The van der Waals surface area contributed by atoms with Crippen LogP contribution in [0.4, 0.5) is 0 Å². The van der Waals surface area contributed by atoms with E-state index in [1.54, 1.807) is 38.5 Å². The first-order chi connectivity index (χ1) is 14.1. The number of para-hydroxylation sites is 1. The van der Waals surface area contributed by atoms with E-state index in [4.69, 9.17) is 14.2 Å². The van der Waals surface area contributed by atoms with Crippen LogP contribution in [0.2, 0.25) is 0 Å². The summed E-state index contributed by atoms with van der Waals surface area (Å²) >= 11 is 0. The molecule has 0 amide bonds. The number of piperidine rings is 1. The van der Waals surface area contributed by atoms with Crippen LogP contribution < -0.4 is 14.2 Å². The van der Waals surface area contributed by atoms with Crippen molar-refractivity contribution in [1.82, 2.24) is 4.90 Å². The van der Waals surface area contributed by atoms with Crippen molar-refractivity contribution in [2.24, 2.45) is 0 Å². The summed E-state index contributed by atoms with van der Waals surface area (Å²) in [4.78, 5) is 15.2. The average Bonchev–Trinajstić information content (AvgIpc) is 3.06. The molecule has 0 aliphatic carbocycles. The minimum Gasteiger partial charge on any atom is -0.507 e. The van der Waals surface area contributed by atoms with Gasteiger partial charge in [0.2, 0.25) is 5.78 Å². The minimum atomic E-state index is -0.204. The minimum absolute atomic E-state index is 0.155. The first kappa shape index (κ1) is 19.3. The van der Waals surface area contributed by atoms with Crippen LogP contribution in [-0.2, 0) is 6.54 Å². The SMILES string of the molecule is COc1cccc(/C=C2\Oc3c(ccc(O)c3CN3CCCCC3)C2=O)c1OC. The molecule has 2 heterocycles. The fraction of sp³-hybridized carbons (Fsp3) is 0.348. The zero-order valence-corrected chi connectivity index (χ0v) is 16.7. The summed E-state index contributed by atoms with van der Waals surface area (Å²) in [5, 5.41) is 10.4. The summed E-state index contributed by atoms with van der Waals surface area (Å²) in [6.07, 6.45) is 5.19. The number of benzene rings is 2. The van der Waals surface area contributed by atoms with Crippen molar-refractivity contribution in [3.63, 3.8) is 0 Å². The number of ether oxygens (including phenoxy) is 3. The molecule has 2 aromatic carbocycles. The van der Waals surface area contributed by atoms with Crippen LogP contribution in [-0.4, -0.2) is 43.1 Å². The smallest absolute Gasteiger partial charge is 0.231 e. The molecule has 1 saturated heterocycles. The van der Waals surface area contributed by atoms with Crippen LogP contribution >= 0.6 is 0 Å². The van der Waals surface area contributed by atoms with Crippen LogP contribution in [0.25, 0.3) is 6.08 Å². The second kappa shape index (κ2) is 8.17. The van der Waals surface area contributed by atoms with E-state index in [9.17, 15) is 9.90 Å². The Morgan fingerprint density at radius 3 is 2.62 bits per heavy atom. The van der Waals surface area contributed by atoms with Gasteiger partial charge in [-0.1, -0.05) is 18.6 Å². The third-order valence-electron chi connectivity index (χ3n) is 5.47. The number of ketones is 1. The number of rotatable bonds is 5. The van der Waals surface area contributed by atoms with E-state index in [1.807, 2.05) is 12.1 Å². The van der Waals surface area contributed by atoms with Crippen molar-refractivity contribution in [3.05, 3.63) is 52.8 Å². The van der Waals surface area contributed by atoms with Gasteiger partial charge in [-0.25, -0.2) is 0 Å². The fourth-order valence-electron chi connectivity index (χ4n) is 3.96. The van der Waals surface area contributed by atoms with Gasteiger partial charge < -0.3 is 19.3 Å². The molecule has 4 rings (SSSR count). The normalized spacial score (nSPS) is 17.9. The molecule has 2 aromatic rings. The molecule has 1 fully saturated rings. The van der Waals surface area contributed by atoms with Crippen LogP contribution in [0, 0.1) is 0 Å². The predicted molar refractivity (Wildman–Crippen MR) is 110 cm³/mol. The molecule has 0 bridgehead atoms. The van der Waals surface area contributed by atoms with Gasteiger partial charge in [-0.05, 0) is 50.2 Å². The van der Waals surface area contributed by atoms with E-state index >= 15 is 0 Å². The molecule has 0 atom stereocenters. The lowest BCUT2D eigenvalue weighted by atomic mass is 10.0. The molecule has 1 N–H and O–H groups in total. The van der Waals surface area contributed by atoms with Crippen molar-refractivity contribution in [2.45, 2.75) is 25.8 Å². The number of carbonyl (C=O) groups is 1. The summed E-state index contributed by atoms with van der Waals surface area (Å²) in [6, 6.07) is 8.65. The molecule has 6 heteroatoms. The number of hydrogen-bond donors (Lipinski definition) is 1. The Labute approximate surface area is 170 Å². The number of nitrogens with zero attached hydrogens (tertiary/aromatic N) is 1. The van der Waals surface area contributed by atoms with Crippen molar-refractivity contribution in [1.29, 1.82) is 0 Å². The Kier molecular flexibility index (Phi) is 5.45. The van der Waals surface area contributed by atoms with E-state index in [2.05, 4.69) is 4.90 Å². The summed E-state index contributed by atoms with van der Waals surface area (Å²) in [6.45, 7) is 2.54. The van der Waals surface area contributed by atoms with Gasteiger partial charge in [-0.3, -0.25) is 9.69 Å². The maximum atomic E-state index is 13.0. The van der Waals surface area contributed by atoms with Gasteiger partial charge in [0.05, 0.1) is 25.3 Å². The van der Waals surface area contributed by atoms with E-state index in [-0.39, 0.29) is 17.3 Å². The van der Waals surface area contributed by atoms with Gasteiger partial charge in [0, 0.05) is 12.1 Å². The molecule has 0 radical (unpaired) electrons. The number of hydrogen-bond acceptors (Lipinski definition) is 6. The number of aromatic hydroxyl groups is 1. The Morgan fingerprint density at radius 2 is 1.90 bits per heavy atom. The number of allylic oxidation sites excluding steroid dienone is 1. The van der Waals surface area contributed by atoms with E-state index in [1.165, 1.54) is 6.42 Å². The van der Waals surface area contributed by atoms with E-state index < -0.39 is 0 Å². The highest BCUT2D eigenvalue weighted by molar-refractivity contribution is 6.15. The highest BCUT2D eigenvalue weighted by atomic mass is 16.5. The second-order valence-electron chi connectivity index (χ2n) is 7.30. The average molecular weight is 395 g/mol. The maximum absolute atomic E-state index is 13.0. The molecule has 152 valence electrons. The maximum Gasteiger partial charge on any atom is 0.231 e. The third-order valence-corrected chi connectivity index (χ3v) is 5.47. The molecule has 2 aliphatic rings. The Balaban J connectivity index is 1.68. The topological polar surface area (TPSA) is 68.2 Å². The molecular weight excluding hydrogens is 370 g/mol. The van der Waals surface area contributed by atoms with Gasteiger partial charge in [-0.2, -0.15) is 0 Å². The summed E-state index contributed by atoms with van der Waals surface area (Å²) in [5.41, 5.74) is 1.83. The Hall–Kier alpha value is -2.99. The molecule has 0 unspecified atom stereocenters. The first-order valence-electron chi connectivity index (χ1n) is 9.85. The standard InChI is InChI=1S/C23H25NO5/c1-27-19-8-6-7-15(22(19)28-2)13-20-21(26)16-9-10-18(25)17(23(16)29-20)14-24-11-4-3-5-12-24/h6-10,13,25H,3-5,11-12,14H2,1-2H3/b20-13-. The van der Waals surface area contributed by atoms with Gasteiger partial charge in [0.1, 0.15) is 11.5 Å². The summed E-state index contributed by atoms with van der Waals surface area (Å²) < 4.78 is 16.8. The second-order valence-corrected chi connectivity index (χ2v) is 7.30. The highest BCUT2D eigenvalue weighted by Gasteiger charge is 2.32. The van der Waals surface area contributed by atoms with E-state index in [0.29, 0.717) is 40.5 Å². The molecule has 0 aromatic heterocycles. The largest absolute Gasteiger partial charge is 0.507 e. The molecular formula is C23H25NO5. The lowest BCUT2D eigenvalue weighted by Crippen LogP contribution is -2.29. The molecule has 6 nitrogen and oxygen atoms in total. The number of carbonyl (C=O) groups excluding carboxylic acids is 1. The lowest BCUT2D eigenvalue weighted by molar-refractivity contribution is 0.101. The molecule has 2 aliphatic heterocycles. The monoisotopic (exact) mass is 395 g/mol. The number of methoxy groups -OCH3 is 2. The predicted octanol–water partition coefficient (Wildman–Crippen LogP) is 4.01. The van der Waals surface area contributed by atoms with E-state index in [0.717, 1.165) is 25.9 Å². The van der Waals surface area contributed by atoms with Crippen LogP contribution in [0.1, 0.15) is 40.7 Å². The highest BCUT2D eigenvalue weighted by Crippen LogP contribution is 2.41.